The lowest BCUT2D eigenvalue weighted by Gasteiger charge is -2.44. The van der Waals surface area contributed by atoms with Gasteiger partial charge in [-0.1, -0.05) is 38.5 Å². The maximum atomic E-state index is 13.2. The number of halogens is 1. The molecule has 0 amide bonds. The molecule has 2 atom stereocenters. The van der Waals surface area contributed by atoms with Gasteiger partial charge in [0.25, 0.3) is 0 Å². The zero-order valence-electron chi connectivity index (χ0n) is 13.8. The molecule has 0 saturated heterocycles. The van der Waals surface area contributed by atoms with Gasteiger partial charge in [-0.15, -0.1) is 6.58 Å². The zero-order valence-corrected chi connectivity index (χ0v) is 13.8. The molecule has 0 fully saturated rings. The summed E-state index contributed by atoms with van der Waals surface area (Å²) >= 11 is 0. The lowest BCUT2D eigenvalue weighted by molar-refractivity contribution is 0.123. The molecule has 118 valence electrons. The number of hydrogen-bond donors (Lipinski definition) is 1. The third kappa shape index (κ3) is 4.14. The second-order valence-corrected chi connectivity index (χ2v) is 5.83. The van der Waals surface area contributed by atoms with E-state index in [9.17, 15) is 4.39 Å². The fraction of sp³-hybridized carbons (Fsp3) is 0.556. The number of benzene rings is 1. The van der Waals surface area contributed by atoms with E-state index in [2.05, 4.69) is 32.3 Å². The first kappa shape index (κ1) is 17.9. The molecule has 1 rings (SSSR count). The van der Waals surface area contributed by atoms with E-state index in [-0.39, 0.29) is 11.9 Å². The first-order valence-corrected chi connectivity index (χ1v) is 7.82. The van der Waals surface area contributed by atoms with Gasteiger partial charge < -0.3 is 5.73 Å². The van der Waals surface area contributed by atoms with Gasteiger partial charge >= 0.3 is 0 Å². The Bertz CT molecular complexity index is 451. The van der Waals surface area contributed by atoms with E-state index in [0.717, 1.165) is 30.6 Å². The highest BCUT2D eigenvalue weighted by Gasteiger charge is 2.38. The molecule has 0 aromatic heterocycles. The van der Waals surface area contributed by atoms with Gasteiger partial charge in [0.05, 0.1) is 5.54 Å². The van der Waals surface area contributed by atoms with Crippen molar-refractivity contribution in [2.75, 3.05) is 13.1 Å². The molecule has 0 saturated carbocycles. The smallest absolute Gasteiger partial charge is 0.123 e. The van der Waals surface area contributed by atoms with E-state index >= 15 is 0 Å². The molecule has 2 nitrogen and oxygen atoms in total. The highest BCUT2D eigenvalue weighted by atomic mass is 19.1. The minimum atomic E-state index is -0.541. The molecule has 0 aliphatic rings. The molecule has 21 heavy (non-hydrogen) atoms. The number of nitrogens with two attached hydrogens (primary N) is 1. The summed E-state index contributed by atoms with van der Waals surface area (Å²) in [5, 5.41) is 0. The number of likely N-dealkylation sites (N-methyl/N-ethyl adjacent to an activating group) is 1. The Labute approximate surface area is 128 Å². The Kier molecular flexibility index (Phi) is 6.56. The Hall–Kier alpha value is -1.19. The van der Waals surface area contributed by atoms with Crippen LogP contribution in [0.3, 0.4) is 0 Å². The molecule has 0 aliphatic heterocycles. The van der Waals surface area contributed by atoms with Crippen molar-refractivity contribution in [2.24, 2.45) is 5.73 Å². The normalized spacial score (nSPS) is 15.8. The van der Waals surface area contributed by atoms with Gasteiger partial charge in [0, 0.05) is 6.04 Å². The summed E-state index contributed by atoms with van der Waals surface area (Å²) in [4.78, 5) is 2.38. The van der Waals surface area contributed by atoms with Crippen LogP contribution in [0.2, 0.25) is 0 Å². The van der Waals surface area contributed by atoms with Gasteiger partial charge in [0.15, 0.2) is 0 Å². The maximum absolute atomic E-state index is 13.2. The van der Waals surface area contributed by atoms with Crippen molar-refractivity contribution in [1.29, 1.82) is 0 Å². The van der Waals surface area contributed by atoms with Crippen LogP contribution < -0.4 is 5.73 Å². The first-order valence-electron chi connectivity index (χ1n) is 7.82. The molecule has 0 radical (unpaired) electrons. The number of hydrogen-bond acceptors (Lipinski definition) is 2. The molecule has 0 bridgehead atoms. The Balaban J connectivity index is 3.29. The van der Waals surface area contributed by atoms with E-state index < -0.39 is 5.54 Å². The summed E-state index contributed by atoms with van der Waals surface area (Å²) in [6, 6.07) is 6.80. The zero-order chi connectivity index (χ0) is 16.0. The van der Waals surface area contributed by atoms with Gasteiger partial charge in [0.1, 0.15) is 5.82 Å². The van der Waals surface area contributed by atoms with Crippen molar-refractivity contribution in [2.45, 2.75) is 52.1 Å². The SMILES string of the molecule is C=C(C)CC(N)(c1ccc(F)cc1)C(CC)N(CC)CC. The molecular weight excluding hydrogens is 263 g/mol. The topological polar surface area (TPSA) is 29.3 Å². The highest BCUT2D eigenvalue weighted by Crippen LogP contribution is 2.33. The van der Waals surface area contributed by atoms with Crippen LogP contribution in [0.15, 0.2) is 36.4 Å². The summed E-state index contributed by atoms with van der Waals surface area (Å²) in [6.07, 6.45) is 1.65. The Morgan fingerprint density at radius 3 is 2.14 bits per heavy atom. The largest absolute Gasteiger partial charge is 0.320 e. The lowest BCUT2D eigenvalue weighted by atomic mass is 9.77. The monoisotopic (exact) mass is 292 g/mol. The van der Waals surface area contributed by atoms with E-state index in [0.29, 0.717) is 6.42 Å². The molecule has 0 heterocycles. The van der Waals surface area contributed by atoms with Crippen molar-refractivity contribution < 1.29 is 4.39 Å². The van der Waals surface area contributed by atoms with Crippen molar-refractivity contribution in [1.82, 2.24) is 4.90 Å². The van der Waals surface area contributed by atoms with E-state index in [1.807, 2.05) is 19.1 Å². The highest BCUT2D eigenvalue weighted by molar-refractivity contribution is 5.29. The minimum absolute atomic E-state index is 0.203. The van der Waals surface area contributed by atoms with Crippen LogP contribution in [0.1, 0.15) is 46.1 Å². The Morgan fingerprint density at radius 2 is 1.76 bits per heavy atom. The van der Waals surface area contributed by atoms with Crippen molar-refractivity contribution >= 4 is 0 Å². The first-order chi connectivity index (χ1) is 9.88. The molecule has 2 unspecified atom stereocenters. The molecule has 2 N–H and O–H groups in total. The van der Waals surface area contributed by atoms with Crippen LogP contribution in [0.25, 0.3) is 0 Å². The van der Waals surface area contributed by atoms with Gasteiger partial charge in [-0.2, -0.15) is 0 Å². The predicted molar refractivity (Wildman–Crippen MR) is 88.7 cm³/mol. The number of rotatable bonds is 8. The summed E-state index contributed by atoms with van der Waals surface area (Å²) in [5.41, 5.74) is 8.34. The third-order valence-electron chi connectivity index (χ3n) is 4.21. The summed E-state index contributed by atoms with van der Waals surface area (Å²) in [6.45, 7) is 14.4. The molecule has 0 aliphatic carbocycles. The van der Waals surface area contributed by atoms with E-state index in [4.69, 9.17) is 5.73 Å². The fourth-order valence-corrected chi connectivity index (χ4v) is 3.28. The average molecular weight is 292 g/mol. The van der Waals surface area contributed by atoms with Crippen molar-refractivity contribution in [3.63, 3.8) is 0 Å². The van der Waals surface area contributed by atoms with Crippen LogP contribution in [0, 0.1) is 5.82 Å². The maximum Gasteiger partial charge on any atom is 0.123 e. The molecule has 1 aromatic rings. The van der Waals surface area contributed by atoms with Crippen LogP contribution in [-0.4, -0.2) is 24.0 Å². The predicted octanol–water partition coefficient (Wildman–Crippen LogP) is 4.07. The summed E-state index contributed by atoms with van der Waals surface area (Å²) in [5.74, 6) is -0.229. The molecule has 3 heteroatoms. The van der Waals surface area contributed by atoms with Crippen LogP contribution >= 0.6 is 0 Å². The fourth-order valence-electron chi connectivity index (χ4n) is 3.28. The van der Waals surface area contributed by atoms with Gasteiger partial charge in [0.2, 0.25) is 0 Å². The second kappa shape index (κ2) is 7.71. The van der Waals surface area contributed by atoms with E-state index in [1.165, 1.54) is 12.1 Å². The van der Waals surface area contributed by atoms with Crippen molar-refractivity contribution in [3.05, 3.63) is 47.8 Å². The van der Waals surface area contributed by atoms with Crippen molar-refractivity contribution in [3.8, 4) is 0 Å². The van der Waals surface area contributed by atoms with Gasteiger partial charge in [-0.05, 0) is 50.6 Å². The van der Waals surface area contributed by atoms with Crippen LogP contribution in [0.4, 0.5) is 4.39 Å². The average Bonchev–Trinajstić information content (AvgIpc) is 2.44. The number of nitrogens with zero attached hydrogens (tertiary/aromatic N) is 1. The molecule has 1 aromatic carbocycles. The molecular formula is C18H29FN2. The lowest BCUT2D eigenvalue weighted by Crippen LogP contribution is -2.56. The summed E-state index contributed by atoms with van der Waals surface area (Å²) in [7, 11) is 0. The van der Waals surface area contributed by atoms with Crippen LogP contribution in [0.5, 0.6) is 0 Å². The summed E-state index contributed by atoms with van der Waals surface area (Å²) < 4.78 is 13.2. The van der Waals surface area contributed by atoms with Crippen LogP contribution in [-0.2, 0) is 5.54 Å². The quantitative estimate of drug-likeness (QED) is 0.732. The third-order valence-corrected chi connectivity index (χ3v) is 4.21. The molecule has 0 spiro atoms. The second-order valence-electron chi connectivity index (χ2n) is 5.83. The van der Waals surface area contributed by atoms with Gasteiger partial charge in [-0.25, -0.2) is 4.39 Å². The Morgan fingerprint density at radius 1 is 1.24 bits per heavy atom. The van der Waals surface area contributed by atoms with Gasteiger partial charge in [-0.3, -0.25) is 4.90 Å². The standard InChI is InChI=1S/C18H29FN2/c1-6-17(21(7-2)8-3)18(20,13-14(4)5)15-9-11-16(19)12-10-15/h9-12,17H,4,6-8,13,20H2,1-3,5H3. The van der Waals surface area contributed by atoms with E-state index in [1.54, 1.807) is 0 Å². The minimum Gasteiger partial charge on any atom is -0.320 e.